The van der Waals surface area contributed by atoms with Gasteiger partial charge in [0, 0.05) is 6.07 Å². The smallest absolute Gasteiger partial charge is 0.229 e. The minimum Gasteiger partial charge on any atom is -0.486 e. The van der Waals surface area contributed by atoms with Gasteiger partial charge in [0.1, 0.15) is 54.7 Å². The summed E-state index contributed by atoms with van der Waals surface area (Å²) in [7, 11) is 0. The van der Waals surface area contributed by atoms with E-state index in [1.54, 1.807) is 25.1 Å². The van der Waals surface area contributed by atoms with Crippen molar-refractivity contribution < 1.29 is 43.8 Å². The molecule has 5 atom stereocenters. The highest BCUT2D eigenvalue weighted by atomic mass is 16.7. The summed E-state index contributed by atoms with van der Waals surface area (Å²) in [5.74, 6) is 1.77. The summed E-state index contributed by atoms with van der Waals surface area (Å²) < 4.78 is 28.1. The Morgan fingerprint density at radius 3 is 2.50 bits per heavy atom. The average molecular weight is 472 g/mol. The van der Waals surface area contributed by atoms with E-state index in [-0.39, 0.29) is 16.8 Å². The average Bonchev–Trinajstić information content (AvgIpc) is 2.84. The van der Waals surface area contributed by atoms with Gasteiger partial charge in [-0.05, 0) is 36.8 Å². The Hall–Kier alpha value is -3.15. The third-order valence-electron chi connectivity index (χ3n) is 5.97. The fourth-order valence-electron chi connectivity index (χ4n) is 4.19. The summed E-state index contributed by atoms with van der Waals surface area (Å²) in [6, 6.07) is 9.78. The summed E-state index contributed by atoms with van der Waals surface area (Å²) in [6.07, 6.45) is -7.06. The Bertz CT molecular complexity index is 1270. The second-order valence-electron chi connectivity index (χ2n) is 8.19. The lowest BCUT2D eigenvalue weighted by Gasteiger charge is -2.39. The molecule has 3 heterocycles. The number of aliphatic hydroxyl groups excluding tert-OH is 4. The van der Waals surface area contributed by atoms with Crippen LogP contribution in [0.4, 0.5) is 0 Å². The van der Waals surface area contributed by atoms with E-state index in [0.29, 0.717) is 47.0 Å². The molecule has 2 aliphatic rings. The first-order valence-corrected chi connectivity index (χ1v) is 10.8. The lowest BCUT2D eigenvalue weighted by Crippen LogP contribution is -2.60. The summed E-state index contributed by atoms with van der Waals surface area (Å²) in [5, 5.41) is 39.7. The Balaban J connectivity index is 1.47. The molecule has 0 saturated carbocycles. The number of ether oxygens (including phenoxy) is 4. The van der Waals surface area contributed by atoms with Crippen LogP contribution in [0.1, 0.15) is 5.76 Å². The van der Waals surface area contributed by atoms with E-state index in [4.69, 9.17) is 23.4 Å². The number of aryl methyl sites for hydroxylation is 1. The Morgan fingerprint density at radius 2 is 1.74 bits per heavy atom. The highest BCUT2D eigenvalue weighted by molar-refractivity contribution is 5.84. The minimum atomic E-state index is -1.56. The van der Waals surface area contributed by atoms with Crippen LogP contribution in [0.5, 0.6) is 17.2 Å². The van der Waals surface area contributed by atoms with Gasteiger partial charge in [0.05, 0.1) is 17.6 Å². The van der Waals surface area contributed by atoms with Crippen molar-refractivity contribution in [1.82, 2.24) is 0 Å². The molecule has 4 N–H and O–H groups in total. The van der Waals surface area contributed by atoms with Gasteiger partial charge in [-0.25, -0.2) is 0 Å². The van der Waals surface area contributed by atoms with Gasteiger partial charge in [-0.15, -0.1) is 0 Å². The topological polar surface area (TPSA) is 148 Å². The Kier molecular flexibility index (Phi) is 5.92. The van der Waals surface area contributed by atoms with Gasteiger partial charge in [0.2, 0.25) is 11.7 Å². The first-order valence-electron chi connectivity index (χ1n) is 10.8. The van der Waals surface area contributed by atoms with Crippen molar-refractivity contribution >= 4 is 11.0 Å². The standard InChI is InChI=1S/C24H24O10/c1-11-19(12-2-5-15-17(8-12)31-7-6-30-15)20(26)14-4-3-13(9-16(14)32-11)33-24-23(29)22(28)21(27)18(10-25)34-24/h2-5,8-9,18,21-25,27-29H,6-7,10H2,1H3/t18-,21-,22-,23-,24-/m1/s1. The van der Waals surface area contributed by atoms with E-state index in [1.807, 2.05) is 0 Å². The largest absolute Gasteiger partial charge is 0.486 e. The monoisotopic (exact) mass is 472 g/mol. The van der Waals surface area contributed by atoms with Crippen LogP contribution in [0.2, 0.25) is 0 Å². The number of benzene rings is 2. The van der Waals surface area contributed by atoms with E-state index in [9.17, 15) is 25.2 Å². The Morgan fingerprint density at radius 1 is 0.971 bits per heavy atom. The maximum atomic E-state index is 13.3. The van der Waals surface area contributed by atoms with E-state index in [0.717, 1.165) is 0 Å². The van der Waals surface area contributed by atoms with Gasteiger partial charge in [-0.2, -0.15) is 0 Å². The molecule has 1 fully saturated rings. The predicted molar refractivity (Wildman–Crippen MR) is 118 cm³/mol. The van der Waals surface area contributed by atoms with Gasteiger partial charge in [0.25, 0.3) is 0 Å². The number of hydrogen-bond acceptors (Lipinski definition) is 10. The highest BCUT2D eigenvalue weighted by Gasteiger charge is 2.44. The summed E-state index contributed by atoms with van der Waals surface area (Å²) in [6.45, 7) is 2.01. The molecule has 0 aliphatic carbocycles. The summed E-state index contributed by atoms with van der Waals surface area (Å²) in [5.41, 5.74) is 1.05. The molecule has 10 heteroatoms. The van der Waals surface area contributed by atoms with Crippen molar-refractivity contribution in [1.29, 1.82) is 0 Å². The third-order valence-corrected chi connectivity index (χ3v) is 5.97. The lowest BCUT2D eigenvalue weighted by atomic mass is 9.99. The molecule has 3 aromatic rings. The molecule has 2 aliphatic heterocycles. The fraction of sp³-hybridized carbons (Fsp3) is 0.375. The SMILES string of the molecule is Cc1oc2cc(O[C@@H]3O[C@H](CO)[C@@H](O)[C@@H](O)[C@H]3O)ccc2c(=O)c1-c1ccc2c(c1)OCCO2. The molecule has 0 bridgehead atoms. The number of rotatable bonds is 4. The van der Waals surface area contributed by atoms with Gasteiger partial charge in [-0.1, -0.05) is 6.07 Å². The van der Waals surface area contributed by atoms with Crippen molar-refractivity contribution in [2.75, 3.05) is 19.8 Å². The van der Waals surface area contributed by atoms with Crippen molar-refractivity contribution in [2.45, 2.75) is 37.6 Å². The van der Waals surface area contributed by atoms with Crippen molar-refractivity contribution in [2.24, 2.45) is 0 Å². The highest BCUT2D eigenvalue weighted by Crippen LogP contribution is 2.35. The fourth-order valence-corrected chi connectivity index (χ4v) is 4.19. The van der Waals surface area contributed by atoms with Crippen LogP contribution < -0.4 is 19.6 Å². The quantitative estimate of drug-likeness (QED) is 0.428. The number of fused-ring (bicyclic) bond motifs is 2. The molecule has 1 aromatic heterocycles. The molecular formula is C24H24O10. The van der Waals surface area contributed by atoms with Crippen LogP contribution in [0.15, 0.2) is 45.6 Å². The zero-order valence-electron chi connectivity index (χ0n) is 18.2. The molecule has 180 valence electrons. The minimum absolute atomic E-state index is 0.200. The normalized spacial score (nSPS) is 26.4. The molecule has 10 nitrogen and oxygen atoms in total. The first-order chi connectivity index (χ1) is 16.4. The zero-order chi connectivity index (χ0) is 24.0. The maximum Gasteiger partial charge on any atom is 0.229 e. The van der Waals surface area contributed by atoms with Crippen molar-refractivity contribution in [3.8, 4) is 28.4 Å². The van der Waals surface area contributed by atoms with E-state index in [1.165, 1.54) is 18.2 Å². The molecular weight excluding hydrogens is 448 g/mol. The molecule has 0 spiro atoms. The van der Waals surface area contributed by atoms with E-state index < -0.39 is 37.3 Å². The van der Waals surface area contributed by atoms with Crippen LogP contribution in [0.25, 0.3) is 22.1 Å². The molecule has 0 unspecified atom stereocenters. The van der Waals surface area contributed by atoms with Crippen molar-refractivity contribution in [3.63, 3.8) is 0 Å². The van der Waals surface area contributed by atoms with Crippen LogP contribution in [-0.4, -0.2) is 71.0 Å². The van der Waals surface area contributed by atoms with Crippen LogP contribution >= 0.6 is 0 Å². The summed E-state index contributed by atoms with van der Waals surface area (Å²) in [4.78, 5) is 13.3. The van der Waals surface area contributed by atoms with E-state index in [2.05, 4.69) is 0 Å². The predicted octanol–water partition coefficient (Wildman–Crippen LogP) is 0.718. The van der Waals surface area contributed by atoms with E-state index >= 15 is 0 Å². The van der Waals surface area contributed by atoms with Gasteiger partial charge in [0.15, 0.2) is 11.5 Å². The zero-order valence-corrected chi connectivity index (χ0v) is 18.2. The Labute approximate surface area is 193 Å². The van der Waals surface area contributed by atoms with Gasteiger partial charge < -0.3 is 43.8 Å². The molecule has 2 aromatic carbocycles. The first kappa shape index (κ1) is 22.6. The maximum absolute atomic E-state index is 13.3. The van der Waals surface area contributed by atoms with Gasteiger partial charge >= 0.3 is 0 Å². The molecule has 0 radical (unpaired) electrons. The van der Waals surface area contributed by atoms with Crippen LogP contribution in [-0.2, 0) is 4.74 Å². The molecule has 0 amide bonds. The van der Waals surface area contributed by atoms with Crippen LogP contribution in [0, 0.1) is 6.92 Å². The number of aliphatic hydroxyl groups is 4. The molecule has 5 rings (SSSR count). The second-order valence-corrected chi connectivity index (χ2v) is 8.19. The van der Waals surface area contributed by atoms with Gasteiger partial charge in [-0.3, -0.25) is 4.79 Å². The molecule has 1 saturated heterocycles. The number of hydrogen-bond donors (Lipinski definition) is 4. The third kappa shape index (κ3) is 3.89. The van der Waals surface area contributed by atoms with Crippen LogP contribution in [0.3, 0.4) is 0 Å². The lowest BCUT2D eigenvalue weighted by molar-refractivity contribution is -0.277. The second kappa shape index (κ2) is 8.90. The molecule has 34 heavy (non-hydrogen) atoms. The van der Waals surface area contributed by atoms with Crippen molar-refractivity contribution in [3.05, 3.63) is 52.4 Å². The summed E-state index contributed by atoms with van der Waals surface area (Å²) >= 11 is 0.